The first-order valence-electron chi connectivity index (χ1n) is 5.89. The highest BCUT2D eigenvalue weighted by Gasteiger charge is 2.40. The standard InChI is InChI=1S/C12H11F3N2O4/c1-2-20-11(19)8-5(12(13,14)15)3-6-10(9(8)16)21-4-7(18)17-6/h3H,2,4,16H2,1H3,(H,17,18). The van der Waals surface area contributed by atoms with Crippen LogP contribution in [0.4, 0.5) is 24.5 Å². The maximum atomic E-state index is 13.1. The van der Waals surface area contributed by atoms with Crippen molar-refractivity contribution in [3.8, 4) is 5.75 Å². The van der Waals surface area contributed by atoms with Crippen molar-refractivity contribution in [2.75, 3.05) is 24.3 Å². The molecule has 0 atom stereocenters. The second-order valence-electron chi connectivity index (χ2n) is 4.14. The Bertz CT molecular complexity index is 614. The van der Waals surface area contributed by atoms with Crippen LogP contribution in [0.3, 0.4) is 0 Å². The van der Waals surface area contributed by atoms with Gasteiger partial charge in [-0.1, -0.05) is 0 Å². The summed E-state index contributed by atoms with van der Waals surface area (Å²) in [4.78, 5) is 22.9. The van der Waals surface area contributed by atoms with E-state index < -0.39 is 41.5 Å². The predicted molar refractivity (Wildman–Crippen MR) is 65.9 cm³/mol. The van der Waals surface area contributed by atoms with Gasteiger partial charge < -0.3 is 20.5 Å². The molecular weight excluding hydrogens is 293 g/mol. The van der Waals surface area contributed by atoms with Gasteiger partial charge in [0.25, 0.3) is 5.91 Å². The van der Waals surface area contributed by atoms with Crippen LogP contribution in [-0.2, 0) is 15.7 Å². The average Bonchev–Trinajstić information content (AvgIpc) is 2.37. The van der Waals surface area contributed by atoms with Gasteiger partial charge >= 0.3 is 12.1 Å². The quantitative estimate of drug-likeness (QED) is 0.642. The van der Waals surface area contributed by atoms with E-state index in [4.69, 9.17) is 10.5 Å². The molecule has 1 aromatic rings. The number of hydrogen-bond acceptors (Lipinski definition) is 5. The monoisotopic (exact) mass is 304 g/mol. The minimum Gasteiger partial charge on any atom is -0.479 e. The summed E-state index contributed by atoms with van der Waals surface area (Å²) in [6.07, 6.45) is -4.84. The van der Waals surface area contributed by atoms with Gasteiger partial charge in [-0.2, -0.15) is 13.2 Å². The molecule has 0 spiro atoms. The van der Waals surface area contributed by atoms with Crippen LogP contribution in [0.15, 0.2) is 6.07 Å². The SMILES string of the molecule is CCOC(=O)c1c(C(F)(F)F)cc2c(c1N)OCC(=O)N2. The Morgan fingerprint density at radius 2 is 2.19 bits per heavy atom. The van der Waals surface area contributed by atoms with Gasteiger partial charge in [-0.15, -0.1) is 0 Å². The number of rotatable bonds is 2. The summed E-state index contributed by atoms with van der Waals surface area (Å²) in [6, 6.07) is 0.606. The number of carbonyl (C=O) groups excluding carboxylic acids is 2. The fraction of sp³-hybridized carbons (Fsp3) is 0.333. The van der Waals surface area contributed by atoms with Crippen molar-refractivity contribution in [1.29, 1.82) is 0 Å². The number of carbonyl (C=O) groups is 2. The molecule has 9 heteroatoms. The smallest absolute Gasteiger partial charge is 0.417 e. The minimum atomic E-state index is -4.84. The fourth-order valence-electron chi connectivity index (χ4n) is 1.90. The Morgan fingerprint density at radius 1 is 1.52 bits per heavy atom. The first-order valence-corrected chi connectivity index (χ1v) is 5.89. The number of benzene rings is 1. The molecule has 0 saturated carbocycles. The summed E-state index contributed by atoms with van der Waals surface area (Å²) in [7, 11) is 0. The molecule has 21 heavy (non-hydrogen) atoms. The van der Waals surface area contributed by atoms with E-state index in [2.05, 4.69) is 10.1 Å². The Hall–Kier alpha value is -2.45. The van der Waals surface area contributed by atoms with Gasteiger partial charge in [0.15, 0.2) is 12.4 Å². The molecule has 0 bridgehead atoms. The van der Waals surface area contributed by atoms with Gasteiger partial charge in [0, 0.05) is 0 Å². The number of hydrogen-bond donors (Lipinski definition) is 2. The van der Waals surface area contributed by atoms with E-state index >= 15 is 0 Å². The van der Waals surface area contributed by atoms with Crippen LogP contribution < -0.4 is 15.8 Å². The van der Waals surface area contributed by atoms with Crippen LogP contribution in [-0.4, -0.2) is 25.1 Å². The lowest BCUT2D eigenvalue weighted by Crippen LogP contribution is -2.28. The summed E-state index contributed by atoms with van der Waals surface area (Å²) < 4.78 is 48.8. The molecule has 3 N–H and O–H groups in total. The molecule has 0 saturated heterocycles. The van der Waals surface area contributed by atoms with Crippen molar-refractivity contribution < 1.29 is 32.2 Å². The van der Waals surface area contributed by atoms with Crippen molar-refractivity contribution in [2.24, 2.45) is 0 Å². The number of anilines is 2. The maximum absolute atomic E-state index is 13.1. The molecule has 0 aliphatic carbocycles. The van der Waals surface area contributed by atoms with E-state index in [1.165, 1.54) is 6.92 Å². The largest absolute Gasteiger partial charge is 0.479 e. The summed E-state index contributed by atoms with van der Waals surface area (Å²) in [6.45, 7) is 0.950. The Balaban J connectivity index is 2.67. The molecule has 1 aliphatic heterocycles. The fourth-order valence-corrected chi connectivity index (χ4v) is 1.90. The van der Waals surface area contributed by atoms with E-state index in [0.29, 0.717) is 6.07 Å². The highest BCUT2D eigenvalue weighted by molar-refractivity contribution is 6.04. The Kier molecular flexibility index (Phi) is 3.67. The molecule has 1 aromatic carbocycles. The number of nitrogens with one attached hydrogen (secondary N) is 1. The number of fused-ring (bicyclic) bond motifs is 1. The number of nitrogens with two attached hydrogens (primary N) is 1. The Morgan fingerprint density at radius 3 is 2.76 bits per heavy atom. The zero-order valence-corrected chi connectivity index (χ0v) is 10.8. The van der Waals surface area contributed by atoms with Crippen molar-refractivity contribution in [3.63, 3.8) is 0 Å². The maximum Gasteiger partial charge on any atom is 0.417 e. The van der Waals surface area contributed by atoms with Gasteiger partial charge in [-0.25, -0.2) is 4.79 Å². The molecule has 1 amide bonds. The van der Waals surface area contributed by atoms with Gasteiger partial charge in [0.1, 0.15) is 0 Å². The van der Waals surface area contributed by atoms with Crippen molar-refractivity contribution >= 4 is 23.3 Å². The third-order valence-corrected chi connectivity index (χ3v) is 2.72. The lowest BCUT2D eigenvalue weighted by molar-refractivity contribution is -0.138. The van der Waals surface area contributed by atoms with Crippen molar-refractivity contribution in [1.82, 2.24) is 0 Å². The number of nitrogen functional groups attached to an aromatic ring is 1. The van der Waals surface area contributed by atoms with Crippen LogP contribution in [0.2, 0.25) is 0 Å². The van der Waals surface area contributed by atoms with E-state index in [0.717, 1.165) is 0 Å². The average molecular weight is 304 g/mol. The summed E-state index contributed by atoms with van der Waals surface area (Å²) in [5, 5.41) is 2.22. The van der Waals surface area contributed by atoms with E-state index in [9.17, 15) is 22.8 Å². The van der Waals surface area contributed by atoms with Crippen molar-refractivity contribution in [2.45, 2.75) is 13.1 Å². The highest BCUT2D eigenvalue weighted by atomic mass is 19.4. The first kappa shape index (κ1) is 14.9. The number of alkyl halides is 3. The van der Waals surface area contributed by atoms with Crippen LogP contribution in [0.1, 0.15) is 22.8 Å². The molecule has 1 heterocycles. The lowest BCUT2D eigenvalue weighted by Gasteiger charge is -2.23. The van der Waals surface area contributed by atoms with E-state index in [-0.39, 0.29) is 18.0 Å². The lowest BCUT2D eigenvalue weighted by atomic mass is 10.0. The number of amides is 1. The third kappa shape index (κ3) is 2.71. The molecule has 1 aliphatic rings. The molecule has 0 fully saturated rings. The van der Waals surface area contributed by atoms with E-state index in [1.807, 2.05) is 0 Å². The number of ether oxygens (including phenoxy) is 2. The predicted octanol–water partition coefficient (Wildman–Crippen LogP) is 1.80. The Labute approximate surface area is 117 Å². The van der Waals surface area contributed by atoms with Gasteiger partial charge in [0.05, 0.1) is 29.1 Å². The number of esters is 1. The number of halogens is 3. The molecular formula is C12H11F3N2O4. The minimum absolute atomic E-state index is 0.107. The van der Waals surface area contributed by atoms with Crippen LogP contribution in [0.5, 0.6) is 5.75 Å². The normalized spacial score (nSPS) is 14.0. The highest BCUT2D eigenvalue weighted by Crippen LogP contribution is 2.44. The third-order valence-electron chi connectivity index (χ3n) is 2.72. The molecule has 2 rings (SSSR count). The summed E-state index contributed by atoms with van der Waals surface area (Å²) in [5.41, 5.74) is 2.74. The van der Waals surface area contributed by atoms with Gasteiger partial charge in [-0.05, 0) is 13.0 Å². The zero-order chi connectivity index (χ0) is 15.8. The second kappa shape index (κ2) is 5.15. The van der Waals surface area contributed by atoms with Gasteiger partial charge in [0.2, 0.25) is 0 Å². The van der Waals surface area contributed by atoms with Crippen LogP contribution in [0.25, 0.3) is 0 Å². The van der Waals surface area contributed by atoms with Crippen LogP contribution >= 0.6 is 0 Å². The molecule has 6 nitrogen and oxygen atoms in total. The van der Waals surface area contributed by atoms with Gasteiger partial charge in [-0.3, -0.25) is 4.79 Å². The molecule has 0 unspecified atom stereocenters. The summed E-state index contributed by atoms with van der Waals surface area (Å²) in [5.74, 6) is -1.99. The molecule has 114 valence electrons. The molecule has 0 aromatic heterocycles. The van der Waals surface area contributed by atoms with Crippen molar-refractivity contribution in [3.05, 3.63) is 17.2 Å². The van der Waals surface area contributed by atoms with Crippen LogP contribution in [0, 0.1) is 0 Å². The second-order valence-corrected chi connectivity index (χ2v) is 4.14. The zero-order valence-electron chi connectivity index (χ0n) is 10.8. The van der Waals surface area contributed by atoms with E-state index in [1.54, 1.807) is 0 Å². The molecule has 0 radical (unpaired) electrons. The summed E-state index contributed by atoms with van der Waals surface area (Å²) >= 11 is 0. The first-order chi connectivity index (χ1) is 9.75. The topological polar surface area (TPSA) is 90.7 Å².